The normalized spacial score (nSPS) is 18.2. The zero-order valence-electron chi connectivity index (χ0n) is 12.1. The van der Waals surface area contributed by atoms with Gasteiger partial charge in [0.05, 0.1) is 23.4 Å². The van der Waals surface area contributed by atoms with E-state index >= 15 is 0 Å². The highest BCUT2D eigenvalue weighted by Crippen LogP contribution is 2.33. The summed E-state index contributed by atoms with van der Waals surface area (Å²) < 4.78 is 10.7. The number of anilines is 2. The van der Waals surface area contributed by atoms with Crippen molar-refractivity contribution >= 4 is 28.0 Å². The minimum Gasteiger partial charge on any atom is -0.462 e. The van der Waals surface area contributed by atoms with Crippen LogP contribution in [0, 0.1) is 0 Å². The molecule has 1 aliphatic rings. The summed E-state index contributed by atoms with van der Waals surface area (Å²) in [5, 5.41) is 1.00. The number of likely N-dealkylation sites (N-methyl/N-ethyl adjacent to an activating group) is 1. The van der Waals surface area contributed by atoms with Crippen LogP contribution in [0.1, 0.15) is 36.4 Å². The van der Waals surface area contributed by atoms with E-state index in [4.69, 9.17) is 15.2 Å². The van der Waals surface area contributed by atoms with Crippen LogP contribution in [0.5, 0.6) is 0 Å². The van der Waals surface area contributed by atoms with E-state index in [0.29, 0.717) is 17.2 Å². The molecule has 1 aromatic rings. The smallest absolute Gasteiger partial charge is 0.350 e. The molecular formula is C14H22N2O3S. The van der Waals surface area contributed by atoms with Crippen LogP contribution in [0.3, 0.4) is 0 Å². The fourth-order valence-electron chi connectivity index (χ4n) is 2.31. The molecule has 1 aliphatic heterocycles. The fourth-order valence-corrected chi connectivity index (χ4v) is 3.36. The van der Waals surface area contributed by atoms with Gasteiger partial charge in [0.25, 0.3) is 0 Å². The Kier molecular flexibility index (Phi) is 5.25. The molecule has 1 unspecified atom stereocenters. The third-order valence-corrected chi connectivity index (χ3v) is 4.54. The van der Waals surface area contributed by atoms with Gasteiger partial charge in [-0.25, -0.2) is 4.79 Å². The predicted octanol–water partition coefficient (Wildman–Crippen LogP) is 2.51. The van der Waals surface area contributed by atoms with E-state index in [9.17, 15) is 4.79 Å². The lowest BCUT2D eigenvalue weighted by molar-refractivity contribution is 0.0533. The first kappa shape index (κ1) is 15.1. The van der Waals surface area contributed by atoms with Gasteiger partial charge >= 0.3 is 5.97 Å². The van der Waals surface area contributed by atoms with E-state index < -0.39 is 0 Å². The molecule has 0 aliphatic carbocycles. The van der Waals surface area contributed by atoms with Crippen molar-refractivity contribution in [2.75, 3.05) is 36.9 Å². The average Bonchev–Trinajstić information content (AvgIpc) is 3.05. The Balaban J connectivity index is 2.09. The molecule has 112 valence electrons. The standard InChI is InChI=1S/C14H22N2O3S/c1-3-16(9-10-6-5-7-19-10)12-8-11(15)13(20-12)14(17)18-4-2/h8,10H,3-7,9,15H2,1-2H3. The van der Waals surface area contributed by atoms with Crippen LogP contribution in [0.15, 0.2) is 6.07 Å². The summed E-state index contributed by atoms with van der Waals surface area (Å²) in [5.41, 5.74) is 6.42. The third kappa shape index (κ3) is 3.43. The summed E-state index contributed by atoms with van der Waals surface area (Å²) in [7, 11) is 0. The van der Waals surface area contributed by atoms with Crippen molar-refractivity contribution in [3.8, 4) is 0 Å². The lowest BCUT2D eigenvalue weighted by Gasteiger charge is -2.24. The topological polar surface area (TPSA) is 64.8 Å². The molecular weight excluding hydrogens is 276 g/mol. The Labute approximate surface area is 123 Å². The number of rotatable bonds is 6. The first-order valence-corrected chi connectivity index (χ1v) is 7.90. The largest absolute Gasteiger partial charge is 0.462 e. The Bertz CT molecular complexity index is 455. The molecule has 5 nitrogen and oxygen atoms in total. The van der Waals surface area contributed by atoms with Crippen LogP contribution in [-0.2, 0) is 9.47 Å². The number of hydrogen-bond acceptors (Lipinski definition) is 6. The molecule has 0 aromatic carbocycles. The molecule has 1 fully saturated rings. The van der Waals surface area contributed by atoms with Crippen molar-refractivity contribution in [3.05, 3.63) is 10.9 Å². The van der Waals surface area contributed by atoms with E-state index in [1.54, 1.807) is 6.92 Å². The van der Waals surface area contributed by atoms with E-state index in [2.05, 4.69) is 11.8 Å². The highest BCUT2D eigenvalue weighted by Gasteiger charge is 2.22. The van der Waals surface area contributed by atoms with E-state index in [-0.39, 0.29) is 12.1 Å². The molecule has 2 heterocycles. The van der Waals surface area contributed by atoms with Gasteiger partial charge in [0.15, 0.2) is 0 Å². The Morgan fingerprint density at radius 3 is 3.00 bits per heavy atom. The second-order valence-electron chi connectivity index (χ2n) is 4.76. The minimum absolute atomic E-state index is 0.282. The van der Waals surface area contributed by atoms with Gasteiger partial charge in [0, 0.05) is 19.7 Å². The first-order chi connectivity index (χ1) is 9.65. The quantitative estimate of drug-likeness (QED) is 0.818. The number of thiophene rings is 1. The summed E-state index contributed by atoms with van der Waals surface area (Å²) in [6, 6.07) is 1.86. The Morgan fingerprint density at radius 1 is 1.60 bits per heavy atom. The van der Waals surface area contributed by atoms with Crippen LogP contribution in [0.2, 0.25) is 0 Å². The van der Waals surface area contributed by atoms with Crippen molar-refractivity contribution in [1.29, 1.82) is 0 Å². The van der Waals surface area contributed by atoms with Crippen LogP contribution < -0.4 is 10.6 Å². The van der Waals surface area contributed by atoms with Crippen molar-refractivity contribution in [2.45, 2.75) is 32.8 Å². The molecule has 2 rings (SSSR count). The summed E-state index contributed by atoms with van der Waals surface area (Å²) in [6.07, 6.45) is 2.51. The van der Waals surface area contributed by atoms with Gasteiger partial charge in [-0.1, -0.05) is 0 Å². The highest BCUT2D eigenvalue weighted by atomic mass is 32.1. The maximum atomic E-state index is 11.8. The van der Waals surface area contributed by atoms with Crippen LogP contribution in [0.25, 0.3) is 0 Å². The number of carbonyl (C=O) groups excluding carboxylic acids is 1. The van der Waals surface area contributed by atoms with Gasteiger partial charge in [-0.15, -0.1) is 11.3 Å². The molecule has 0 bridgehead atoms. The van der Waals surface area contributed by atoms with E-state index in [1.807, 2.05) is 6.07 Å². The fraction of sp³-hybridized carbons (Fsp3) is 0.643. The number of hydrogen-bond donors (Lipinski definition) is 1. The molecule has 1 saturated heterocycles. The summed E-state index contributed by atoms with van der Waals surface area (Å²) >= 11 is 1.39. The van der Waals surface area contributed by atoms with Crippen molar-refractivity contribution < 1.29 is 14.3 Å². The maximum absolute atomic E-state index is 11.8. The molecule has 0 saturated carbocycles. The zero-order chi connectivity index (χ0) is 14.5. The van der Waals surface area contributed by atoms with Gasteiger partial charge < -0.3 is 20.1 Å². The molecule has 1 aromatic heterocycles. The van der Waals surface area contributed by atoms with E-state index in [0.717, 1.165) is 37.5 Å². The van der Waals surface area contributed by atoms with Crippen molar-refractivity contribution in [2.24, 2.45) is 0 Å². The number of carbonyl (C=O) groups is 1. The van der Waals surface area contributed by atoms with Gasteiger partial charge in [0.2, 0.25) is 0 Å². The Morgan fingerprint density at radius 2 is 2.40 bits per heavy atom. The lowest BCUT2D eigenvalue weighted by atomic mass is 10.2. The number of nitrogens with zero attached hydrogens (tertiary/aromatic N) is 1. The number of nitrogens with two attached hydrogens (primary N) is 1. The molecule has 1 atom stereocenters. The highest BCUT2D eigenvalue weighted by molar-refractivity contribution is 7.18. The Hall–Kier alpha value is -1.27. The number of nitrogen functional groups attached to an aromatic ring is 1. The molecule has 20 heavy (non-hydrogen) atoms. The van der Waals surface area contributed by atoms with Gasteiger partial charge in [-0.2, -0.15) is 0 Å². The molecule has 2 N–H and O–H groups in total. The second kappa shape index (κ2) is 6.95. The number of ether oxygens (including phenoxy) is 2. The SMILES string of the molecule is CCOC(=O)c1sc(N(CC)CC2CCCO2)cc1N. The summed E-state index contributed by atoms with van der Waals surface area (Å²) in [5.74, 6) is -0.339. The van der Waals surface area contributed by atoms with Gasteiger partial charge in [-0.05, 0) is 32.8 Å². The first-order valence-electron chi connectivity index (χ1n) is 7.08. The summed E-state index contributed by atoms with van der Waals surface area (Å²) in [6.45, 7) is 6.80. The summed E-state index contributed by atoms with van der Waals surface area (Å²) in [4.78, 5) is 14.5. The van der Waals surface area contributed by atoms with Crippen molar-refractivity contribution in [1.82, 2.24) is 0 Å². The van der Waals surface area contributed by atoms with Crippen molar-refractivity contribution in [3.63, 3.8) is 0 Å². The molecule has 6 heteroatoms. The van der Waals surface area contributed by atoms with E-state index in [1.165, 1.54) is 11.3 Å². The predicted molar refractivity (Wildman–Crippen MR) is 81.5 cm³/mol. The minimum atomic E-state index is -0.339. The number of esters is 1. The zero-order valence-corrected chi connectivity index (χ0v) is 12.9. The average molecular weight is 298 g/mol. The van der Waals surface area contributed by atoms with Gasteiger partial charge in [-0.3, -0.25) is 0 Å². The second-order valence-corrected chi connectivity index (χ2v) is 5.79. The van der Waals surface area contributed by atoms with Gasteiger partial charge in [0.1, 0.15) is 4.88 Å². The molecule has 0 spiro atoms. The maximum Gasteiger partial charge on any atom is 0.350 e. The lowest BCUT2D eigenvalue weighted by Crippen LogP contribution is -2.31. The monoisotopic (exact) mass is 298 g/mol. The third-order valence-electron chi connectivity index (χ3n) is 3.35. The molecule has 0 amide bonds. The van der Waals surface area contributed by atoms with Crippen LogP contribution >= 0.6 is 11.3 Å². The molecule has 0 radical (unpaired) electrons. The van der Waals surface area contributed by atoms with Crippen LogP contribution in [-0.4, -0.2) is 38.4 Å². The van der Waals surface area contributed by atoms with Crippen LogP contribution in [0.4, 0.5) is 10.7 Å².